The van der Waals surface area contributed by atoms with Gasteiger partial charge >= 0.3 is 10.2 Å². The van der Waals surface area contributed by atoms with Crippen LogP contribution in [0.5, 0.6) is 0 Å². The Hall–Kier alpha value is -1.54. The molecule has 9 N–H and O–H groups in total. The maximum Gasteiger partial charge on any atom is 0.364 e. The molecule has 1 aromatic rings. The lowest BCUT2D eigenvalue weighted by atomic mass is 10.3. The van der Waals surface area contributed by atoms with Gasteiger partial charge in [0.25, 0.3) is 0 Å². The Labute approximate surface area is 156 Å². The van der Waals surface area contributed by atoms with Crippen molar-refractivity contribution in [3.05, 3.63) is 28.5 Å². The van der Waals surface area contributed by atoms with E-state index in [0.29, 0.717) is 5.69 Å². The summed E-state index contributed by atoms with van der Waals surface area (Å²) in [6.45, 7) is 1.80. The number of quaternary nitrogens is 1. The average Bonchev–Trinajstić information content (AvgIpc) is 2.49. The maximum atomic E-state index is 13.2. The van der Waals surface area contributed by atoms with Crippen LogP contribution in [0, 0.1) is 11.2 Å². The third-order valence-corrected chi connectivity index (χ3v) is 4.99. The highest BCUT2D eigenvalue weighted by Crippen LogP contribution is 2.22. The molecular formula is C12H18BrFN6O3S2+2. The molecular weight excluding hydrogens is 439 g/mol. The second-order valence-electron chi connectivity index (χ2n) is 4.80. The first-order valence-corrected chi connectivity index (χ1v) is 9.97. The van der Waals surface area contributed by atoms with E-state index in [0.717, 1.165) is 16.5 Å². The van der Waals surface area contributed by atoms with Gasteiger partial charge in [0.1, 0.15) is 17.4 Å². The Morgan fingerprint density at radius 1 is 1.56 bits per heavy atom. The molecule has 1 atom stereocenters. The van der Waals surface area contributed by atoms with Crippen LogP contribution in [0.4, 0.5) is 10.1 Å². The summed E-state index contributed by atoms with van der Waals surface area (Å²) >= 11 is 3.99. The van der Waals surface area contributed by atoms with Crippen LogP contribution in [0.2, 0.25) is 0 Å². The van der Waals surface area contributed by atoms with Gasteiger partial charge in [0, 0.05) is 0 Å². The van der Waals surface area contributed by atoms with Crippen molar-refractivity contribution < 1.29 is 22.7 Å². The fraction of sp³-hybridized carbons (Fsp3) is 0.250. The molecule has 0 spiro atoms. The Bertz CT molecular complexity index is 815. The molecule has 0 aliphatic heterocycles. The van der Waals surface area contributed by atoms with Crippen molar-refractivity contribution in [1.29, 1.82) is 5.41 Å². The van der Waals surface area contributed by atoms with Crippen molar-refractivity contribution in [2.45, 2.75) is 12.2 Å². The van der Waals surface area contributed by atoms with E-state index < -0.39 is 16.0 Å². The molecule has 13 heteroatoms. The summed E-state index contributed by atoms with van der Waals surface area (Å²) in [4.78, 5) is 4.01. The molecule has 25 heavy (non-hydrogen) atoms. The first-order valence-electron chi connectivity index (χ1n) is 6.69. The fourth-order valence-electron chi connectivity index (χ4n) is 1.55. The SMILES string of the molecule is CC(C[NH2+]S(N)(=O)=O)SC(=N)C(=N[OH2+])C(N)=Nc1ccc(F)c(Br)c1. The molecule has 0 aromatic heterocycles. The van der Waals surface area contributed by atoms with Crippen molar-refractivity contribution >= 4 is 60.2 Å². The van der Waals surface area contributed by atoms with Crippen LogP contribution in [0.1, 0.15) is 6.92 Å². The molecule has 0 aliphatic carbocycles. The number of amidine groups is 1. The number of hydrogen-bond acceptors (Lipinski definition) is 6. The Balaban J connectivity index is 2.84. The van der Waals surface area contributed by atoms with E-state index in [1.807, 2.05) is 0 Å². The molecule has 0 heterocycles. The van der Waals surface area contributed by atoms with Gasteiger partial charge in [0.15, 0.2) is 5.84 Å². The van der Waals surface area contributed by atoms with Crippen LogP contribution >= 0.6 is 27.7 Å². The normalized spacial score (nSPS) is 14.4. The molecule has 0 fully saturated rings. The van der Waals surface area contributed by atoms with Gasteiger partial charge in [0.2, 0.25) is 5.71 Å². The highest BCUT2D eigenvalue weighted by Gasteiger charge is 2.21. The number of halogens is 2. The molecule has 1 aromatic carbocycles. The lowest BCUT2D eigenvalue weighted by Crippen LogP contribution is -2.90. The molecule has 138 valence electrons. The Morgan fingerprint density at radius 2 is 2.20 bits per heavy atom. The second kappa shape index (κ2) is 9.24. The first kappa shape index (κ1) is 21.5. The van der Waals surface area contributed by atoms with E-state index in [2.05, 4.69) is 26.1 Å². The number of hydrogen-bond donors (Lipinski definition) is 4. The molecule has 1 rings (SSSR count). The first-order chi connectivity index (χ1) is 11.5. The van der Waals surface area contributed by atoms with Crippen LogP contribution in [0.3, 0.4) is 0 Å². The van der Waals surface area contributed by atoms with Gasteiger partial charge in [-0.3, -0.25) is 5.41 Å². The average molecular weight is 457 g/mol. The topological polar surface area (TPSA) is 174 Å². The highest BCUT2D eigenvalue weighted by molar-refractivity contribution is 9.10. The van der Waals surface area contributed by atoms with Crippen LogP contribution in [0.25, 0.3) is 0 Å². The van der Waals surface area contributed by atoms with Crippen LogP contribution in [-0.2, 0) is 10.2 Å². The summed E-state index contributed by atoms with van der Waals surface area (Å²) < 4.78 is 36.2. The van der Waals surface area contributed by atoms with E-state index >= 15 is 0 Å². The minimum absolute atomic E-state index is 0.110. The lowest BCUT2D eigenvalue weighted by Gasteiger charge is -2.10. The third kappa shape index (κ3) is 7.48. The number of rotatable bonds is 7. The molecule has 0 saturated carbocycles. The number of nitrogens with zero attached hydrogens (tertiary/aromatic N) is 2. The Morgan fingerprint density at radius 3 is 2.72 bits per heavy atom. The molecule has 0 bridgehead atoms. The van der Waals surface area contributed by atoms with Crippen molar-refractivity contribution in [3.8, 4) is 0 Å². The zero-order chi connectivity index (χ0) is 19.2. The summed E-state index contributed by atoms with van der Waals surface area (Å²) in [6, 6.07) is 3.97. The number of nitrogens with one attached hydrogen (secondary N) is 1. The van der Waals surface area contributed by atoms with Gasteiger partial charge in [0.05, 0.1) is 20.6 Å². The van der Waals surface area contributed by atoms with E-state index in [1.165, 1.54) is 18.2 Å². The molecule has 0 aliphatic rings. The van der Waals surface area contributed by atoms with E-state index in [4.69, 9.17) is 21.5 Å². The number of benzene rings is 1. The third-order valence-electron chi connectivity index (χ3n) is 2.70. The predicted octanol–water partition coefficient (Wildman–Crippen LogP) is -0.477. The summed E-state index contributed by atoms with van der Waals surface area (Å²) in [6.07, 6.45) is 0. The summed E-state index contributed by atoms with van der Waals surface area (Å²) in [5.41, 5.74) is 5.93. The minimum atomic E-state index is -3.71. The number of nitrogens with two attached hydrogens (primary N) is 3. The van der Waals surface area contributed by atoms with E-state index in [1.54, 1.807) is 6.92 Å². The van der Waals surface area contributed by atoms with Gasteiger partial charge in [-0.25, -0.2) is 14.1 Å². The second-order valence-corrected chi connectivity index (χ2v) is 8.62. The van der Waals surface area contributed by atoms with Crippen molar-refractivity contribution in [2.75, 3.05) is 6.54 Å². The van der Waals surface area contributed by atoms with Gasteiger partial charge < -0.3 is 10.9 Å². The van der Waals surface area contributed by atoms with E-state index in [9.17, 15) is 12.8 Å². The van der Waals surface area contributed by atoms with Crippen molar-refractivity contribution in [1.82, 2.24) is 0 Å². The molecule has 0 amide bonds. The molecule has 0 saturated heterocycles. The predicted molar refractivity (Wildman–Crippen MR) is 101 cm³/mol. The highest BCUT2D eigenvalue weighted by atomic mass is 79.9. The zero-order valence-electron chi connectivity index (χ0n) is 13.0. The van der Waals surface area contributed by atoms with Crippen LogP contribution in [-0.4, -0.2) is 42.0 Å². The zero-order valence-corrected chi connectivity index (χ0v) is 16.3. The molecule has 0 radical (unpaired) electrons. The maximum absolute atomic E-state index is 13.2. The van der Waals surface area contributed by atoms with Gasteiger partial charge in [-0.1, -0.05) is 11.8 Å². The van der Waals surface area contributed by atoms with Crippen molar-refractivity contribution in [3.63, 3.8) is 0 Å². The smallest absolute Gasteiger partial charge is 0.364 e. The summed E-state index contributed by atoms with van der Waals surface area (Å²) in [5, 5.41) is 22.8. The largest absolute Gasteiger partial charge is 0.468 e. The molecule has 1 unspecified atom stereocenters. The lowest BCUT2D eigenvalue weighted by molar-refractivity contribution is -0.495. The standard InChI is InChI=1S/C12H16BrFN6O3S2/c1-6(5-18-25(17,22)23)24-12(16)10(20-21)11(15)19-7-2-3-9(14)8(13)4-7/h2-4,6,16,18,21H,5H2,1H3,(H2,15,19)(H2,17,22,23)/p+2. The minimum Gasteiger partial charge on any atom is -0.468 e. The van der Waals surface area contributed by atoms with Crippen molar-refractivity contribution in [2.24, 2.45) is 21.0 Å². The van der Waals surface area contributed by atoms with Crippen LogP contribution in [0.15, 0.2) is 32.8 Å². The summed E-state index contributed by atoms with van der Waals surface area (Å²) in [5.74, 6) is -0.649. The fourth-order valence-corrected chi connectivity index (χ4v) is 3.45. The molecule has 9 nitrogen and oxygen atoms in total. The van der Waals surface area contributed by atoms with Gasteiger partial charge in [-0.05, 0) is 41.1 Å². The number of aliphatic imine (C=N–C) groups is 1. The van der Waals surface area contributed by atoms with Crippen LogP contribution < -0.4 is 15.6 Å². The Kier molecular flexibility index (Phi) is 7.95. The monoisotopic (exact) mass is 456 g/mol. The quantitative estimate of drug-likeness (QED) is 0.187. The van der Waals surface area contributed by atoms with Gasteiger partial charge in [-0.2, -0.15) is 13.6 Å². The summed E-state index contributed by atoms with van der Waals surface area (Å²) in [7, 11) is -3.71. The van der Waals surface area contributed by atoms with Gasteiger partial charge in [-0.15, -0.1) is 0 Å². The number of thioether (sulfide) groups is 1. The van der Waals surface area contributed by atoms with E-state index in [-0.39, 0.29) is 32.9 Å².